The van der Waals surface area contributed by atoms with Gasteiger partial charge in [0, 0.05) is 0 Å². The standard InChI is InChI=1S/C15H14N2O4S/c1-10-4-2-3-5-14(10)22(19,20)17-11-6-7-13-12(8-11)16-15(18)9-21-13/h2-8,17H,9H2,1H3,(H,16,18). The molecule has 0 unspecified atom stereocenters. The molecule has 0 aliphatic carbocycles. The Morgan fingerprint density at radius 3 is 2.73 bits per heavy atom. The van der Waals surface area contributed by atoms with Crippen molar-refractivity contribution in [3.05, 3.63) is 48.0 Å². The molecule has 114 valence electrons. The molecule has 0 spiro atoms. The van der Waals surface area contributed by atoms with Crippen LogP contribution in [0.2, 0.25) is 0 Å². The zero-order chi connectivity index (χ0) is 15.7. The number of amides is 1. The van der Waals surface area contributed by atoms with Crippen LogP contribution in [-0.4, -0.2) is 20.9 Å². The third kappa shape index (κ3) is 2.75. The summed E-state index contributed by atoms with van der Waals surface area (Å²) in [4.78, 5) is 11.5. The van der Waals surface area contributed by atoms with Crippen LogP contribution in [0.5, 0.6) is 5.75 Å². The quantitative estimate of drug-likeness (QED) is 0.908. The van der Waals surface area contributed by atoms with Crippen LogP contribution in [-0.2, 0) is 14.8 Å². The van der Waals surface area contributed by atoms with E-state index in [0.29, 0.717) is 22.7 Å². The lowest BCUT2D eigenvalue weighted by Gasteiger charge is -2.19. The highest BCUT2D eigenvalue weighted by Gasteiger charge is 2.19. The monoisotopic (exact) mass is 318 g/mol. The number of nitrogens with one attached hydrogen (secondary N) is 2. The van der Waals surface area contributed by atoms with Gasteiger partial charge in [-0.05, 0) is 36.8 Å². The van der Waals surface area contributed by atoms with Gasteiger partial charge in [0.25, 0.3) is 15.9 Å². The topological polar surface area (TPSA) is 84.5 Å². The molecule has 2 aromatic carbocycles. The second kappa shape index (κ2) is 5.34. The van der Waals surface area contributed by atoms with Gasteiger partial charge >= 0.3 is 0 Å². The maximum absolute atomic E-state index is 12.4. The number of hydrogen-bond acceptors (Lipinski definition) is 4. The zero-order valence-corrected chi connectivity index (χ0v) is 12.6. The van der Waals surface area contributed by atoms with Crippen molar-refractivity contribution in [1.82, 2.24) is 0 Å². The van der Waals surface area contributed by atoms with Gasteiger partial charge in [0.1, 0.15) is 5.75 Å². The van der Waals surface area contributed by atoms with Crippen molar-refractivity contribution < 1.29 is 17.9 Å². The van der Waals surface area contributed by atoms with Crippen LogP contribution in [0.1, 0.15) is 5.56 Å². The number of hydrogen-bond donors (Lipinski definition) is 2. The lowest BCUT2D eigenvalue weighted by Crippen LogP contribution is -2.25. The lowest BCUT2D eigenvalue weighted by molar-refractivity contribution is -0.118. The Balaban J connectivity index is 1.92. The molecule has 7 heteroatoms. The third-order valence-corrected chi connectivity index (χ3v) is 4.79. The van der Waals surface area contributed by atoms with Gasteiger partial charge in [0.05, 0.1) is 16.3 Å². The van der Waals surface area contributed by atoms with E-state index in [2.05, 4.69) is 10.0 Å². The van der Waals surface area contributed by atoms with E-state index in [-0.39, 0.29) is 17.4 Å². The molecule has 2 N–H and O–H groups in total. The Morgan fingerprint density at radius 1 is 1.18 bits per heavy atom. The van der Waals surface area contributed by atoms with Gasteiger partial charge in [0.2, 0.25) is 0 Å². The summed E-state index contributed by atoms with van der Waals surface area (Å²) < 4.78 is 32.6. The normalized spacial score (nSPS) is 13.8. The van der Waals surface area contributed by atoms with Crippen molar-refractivity contribution in [3.63, 3.8) is 0 Å². The number of benzene rings is 2. The molecule has 1 aliphatic heterocycles. The summed E-state index contributed by atoms with van der Waals surface area (Å²) in [5, 5.41) is 2.64. The van der Waals surface area contributed by atoms with Gasteiger partial charge in [-0.15, -0.1) is 0 Å². The fourth-order valence-electron chi connectivity index (χ4n) is 2.21. The molecule has 0 saturated carbocycles. The number of fused-ring (bicyclic) bond motifs is 1. The summed E-state index contributed by atoms with van der Waals surface area (Å²) in [7, 11) is -3.69. The smallest absolute Gasteiger partial charge is 0.262 e. The molecular weight excluding hydrogens is 304 g/mol. The molecule has 1 heterocycles. The van der Waals surface area contributed by atoms with Crippen LogP contribution in [0.4, 0.5) is 11.4 Å². The van der Waals surface area contributed by atoms with Gasteiger partial charge < -0.3 is 10.1 Å². The van der Waals surface area contributed by atoms with E-state index in [1.165, 1.54) is 6.07 Å². The van der Waals surface area contributed by atoms with E-state index < -0.39 is 10.0 Å². The molecular formula is C15H14N2O4S. The maximum Gasteiger partial charge on any atom is 0.262 e. The Labute approximate surface area is 128 Å². The van der Waals surface area contributed by atoms with Gasteiger partial charge in [-0.25, -0.2) is 8.42 Å². The molecule has 0 saturated heterocycles. The zero-order valence-electron chi connectivity index (χ0n) is 11.8. The van der Waals surface area contributed by atoms with E-state index in [1.807, 2.05) is 0 Å². The fourth-order valence-corrected chi connectivity index (χ4v) is 3.51. The van der Waals surface area contributed by atoms with Crippen LogP contribution in [0.25, 0.3) is 0 Å². The van der Waals surface area contributed by atoms with Gasteiger partial charge in [-0.3, -0.25) is 9.52 Å². The molecule has 0 aromatic heterocycles. The molecule has 0 fully saturated rings. The maximum atomic E-state index is 12.4. The third-order valence-electron chi connectivity index (χ3n) is 3.25. The van der Waals surface area contributed by atoms with Gasteiger partial charge in [0.15, 0.2) is 6.61 Å². The van der Waals surface area contributed by atoms with Gasteiger partial charge in [-0.2, -0.15) is 0 Å². The van der Waals surface area contributed by atoms with Crippen molar-refractivity contribution in [1.29, 1.82) is 0 Å². The number of aryl methyl sites for hydroxylation is 1. The minimum Gasteiger partial charge on any atom is -0.482 e. The Bertz CT molecular complexity index is 846. The molecule has 0 radical (unpaired) electrons. The molecule has 22 heavy (non-hydrogen) atoms. The van der Waals surface area contributed by atoms with Crippen LogP contribution in [0.3, 0.4) is 0 Å². The number of anilines is 2. The first-order valence-corrected chi connectivity index (χ1v) is 8.09. The Morgan fingerprint density at radius 2 is 1.95 bits per heavy atom. The van der Waals surface area contributed by atoms with Crippen LogP contribution in [0.15, 0.2) is 47.4 Å². The highest BCUT2D eigenvalue weighted by Crippen LogP contribution is 2.31. The number of rotatable bonds is 3. The van der Waals surface area contributed by atoms with Crippen molar-refractivity contribution in [3.8, 4) is 5.75 Å². The average molecular weight is 318 g/mol. The Hall–Kier alpha value is -2.54. The second-order valence-corrected chi connectivity index (χ2v) is 6.57. The molecule has 0 bridgehead atoms. The average Bonchev–Trinajstić information content (AvgIpc) is 2.46. The van der Waals surface area contributed by atoms with Crippen LogP contribution in [0, 0.1) is 6.92 Å². The molecule has 0 atom stereocenters. The van der Waals surface area contributed by atoms with E-state index in [4.69, 9.17) is 4.74 Å². The van der Waals surface area contributed by atoms with Crippen LogP contribution < -0.4 is 14.8 Å². The molecule has 6 nitrogen and oxygen atoms in total. The van der Waals surface area contributed by atoms with E-state index in [1.54, 1.807) is 43.3 Å². The number of sulfonamides is 1. The molecule has 3 rings (SSSR count). The Kier molecular flexibility index (Phi) is 3.50. The highest BCUT2D eigenvalue weighted by molar-refractivity contribution is 7.92. The predicted octanol–water partition coefficient (Wildman–Crippen LogP) is 2.13. The minimum absolute atomic E-state index is 0.0404. The van der Waals surface area contributed by atoms with Crippen molar-refractivity contribution >= 4 is 27.3 Å². The van der Waals surface area contributed by atoms with Crippen molar-refractivity contribution in [2.24, 2.45) is 0 Å². The van der Waals surface area contributed by atoms with Crippen molar-refractivity contribution in [2.45, 2.75) is 11.8 Å². The van der Waals surface area contributed by atoms with E-state index in [9.17, 15) is 13.2 Å². The highest BCUT2D eigenvalue weighted by atomic mass is 32.2. The second-order valence-electron chi connectivity index (χ2n) is 4.92. The largest absolute Gasteiger partial charge is 0.482 e. The predicted molar refractivity (Wildman–Crippen MR) is 82.6 cm³/mol. The van der Waals surface area contributed by atoms with E-state index in [0.717, 1.165) is 0 Å². The van der Waals surface area contributed by atoms with Crippen molar-refractivity contribution in [2.75, 3.05) is 16.6 Å². The summed E-state index contributed by atoms with van der Waals surface area (Å²) in [5.41, 5.74) is 1.46. The summed E-state index contributed by atoms with van der Waals surface area (Å²) in [6.07, 6.45) is 0. The number of ether oxygens (including phenoxy) is 1. The fraction of sp³-hybridized carbons (Fsp3) is 0.133. The van der Waals surface area contributed by atoms with E-state index >= 15 is 0 Å². The summed E-state index contributed by atoms with van der Waals surface area (Å²) in [5.74, 6) is 0.241. The first kappa shape index (κ1) is 14.4. The molecule has 1 aliphatic rings. The molecule has 1 amide bonds. The lowest BCUT2D eigenvalue weighted by atomic mass is 10.2. The first-order chi connectivity index (χ1) is 10.5. The van der Waals surface area contributed by atoms with Crippen LogP contribution >= 0.6 is 0 Å². The van der Waals surface area contributed by atoms with Gasteiger partial charge in [-0.1, -0.05) is 18.2 Å². The summed E-state index contributed by atoms with van der Waals surface area (Å²) in [6.45, 7) is 1.69. The molecule has 2 aromatic rings. The first-order valence-electron chi connectivity index (χ1n) is 6.61. The summed E-state index contributed by atoms with van der Waals surface area (Å²) in [6, 6.07) is 11.5. The number of carbonyl (C=O) groups is 1. The minimum atomic E-state index is -3.69. The SMILES string of the molecule is Cc1ccccc1S(=O)(=O)Nc1ccc2c(c1)NC(=O)CO2. The summed E-state index contributed by atoms with van der Waals surface area (Å²) >= 11 is 0. The number of carbonyl (C=O) groups excluding carboxylic acids is 1.